The predicted molar refractivity (Wildman–Crippen MR) is 197 cm³/mol. The van der Waals surface area contributed by atoms with Gasteiger partial charge < -0.3 is 28.7 Å². The van der Waals surface area contributed by atoms with E-state index in [4.69, 9.17) is 18.9 Å². The van der Waals surface area contributed by atoms with Gasteiger partial charge in [0.15, 0.2) is 0 Å². The normalized spacial score (nSPS) is 15.5. The number of anilines is 2. The van der Waals surface area contributed by atoms with Gasteiger partial charge >= 0.3 is 23.9 Å². The standard InChI is InChI=1S/C42H44N2O8/c1-5-49-37(45)41(38(46)50-6-2)25-29-17-15-18-30-26-42(39(47)51-7-3,40(48)52-8-4)44(34-23-13-10-14-24-34)28-32-20-16-19-31(36(32)35(29)30)27-43(41)33-21-11-9-12-22-33/h9-24H,5-8,25-28H2,1-4H3. The van der Waals surface area contributed by atoms with Crippen LogP contribution in [0.5, 0.6) is 0 Å². The van der Waals surface area contributed by atoms with E-state index < -0.39 is 35.0 Å². The summed E-state index contributed by atoms with van der Waals surface area (Å²) in [6.45, 7) is 7.30. The van der Waals surface area contributed by atoms with Crippen LogP contribution in [0.3, 0.4) is 0 Å². The van der Waals surface area contributed by atoms with Crippen molar-refractivity contribution in [1.29, 1.82) is 0 Å². The maximum absolute atomic E-state index is 14.4. The molecule has 10 nitrogen and oxygen atoms in total. The Hall–Kier alpha value is -5.64. The van der Waals surface area contributed by atoms with Crippen molar-refractivity contribution in [2.45, 2.75) is 64.7 Å². The Morgan fingerprint density at radius 2 is 0.769 bits per heavy atom. The van der Waals surface area contributed by atoms with Gasteiger partial charge in [-0.2, -0.15) is 0 Å². The Balaban J connectivity index is 1.71. The molecule has 270 valence electrons. The second-order valence-corrected chi connectivity index (χ2v) is 12.7. The maximum Gasteiger partial charge on any atom is 0.344 e. The Morgan fingerprint density at radius 1 is 0.462 bits per heavy atom. The van der Waals surface area contributed by atoms with Crippen LogP contribution in [0, 0.1) is 0 Å². The summed E-state index contributed by atoms with van der Waals surface area (Å²) >= 11 is 0. The van der Waals surface area contributed by atoms with Crippen molar-refractivity contribution in [3.8, 4) is 11.1 Å². The van der Waals surface area contributed by atoms with E-state index in [2.05, 4.69) is 0 Å². The summed E-state index contributed by atoms with van der Waals surface area (Å²) < 4.78 is 22.9. The molecule has 6 rings (SSSR count). The lowest BCUT2D eigenvalue weighted by Gasteiger charge is -2.46. The zero-order valence-electron chi connectivity index (χ0n) is 30.1. The average Bonchev–Trinajstić information content (AvgIpc) is 3.14. The van der Waals surface area contributed by atoms with Crippen LogP contribution in [-0.4, -0.2) is 61.4 Å². The Morgan fingerprint density at radius 3 is 1.10 bits per heavy atom. The molecule has 0 aromatic heterocycles. The molecule has 10 heteroatoms. The summed E-state index contributed by atoms with van der Waals surface area (Å²) in [6, 6.07) is 30.1. The first-order valence-corrected chi connectivity index (χ1v) is 17.8. The summed E-state index contributed by atoms with van der Waals surface area (Å²) in [5.41, 5.74) is 2.05. The van der Waals surface area contributed by atoms with Crippen LogP contribution in [0.15, 0.2) is 97.1 Å². The van der Waals surface area contributed by atoms with Gasteiger partial charge in [0.05, 0.1) is 26.4 Å². The zero-order chi connectivity index (χ0) is 36.9. The molecule has 0 radical (unpaired) electrons. The lowest BCUT2D eigenvalue weighted by molar-refractivity contribution is -0.166. The lowest BCUT2D eigenvalue weighted by Crippen LogP contribution is -2.64. The minimum Gasteiger partial charge on any atom is -0.464 e. The number of ether oxygens (including phenoxy) is 4. The second kappa shape index (κ2) is 15.3. The number of nitrogens with zero attached hydrogens (tertiary/aromatic N) is 2. The van der Waals surface area contributed by atoms with Crippen molar-refractivity contribution < 1.29 is 38.1 Å². The van der Waals surface area contributed by atoms with Gasteiger partial charge in [0.2, 0.25) is 11.1 Å². The third-order valence-corrected chi connectivity index (χ3v) is 9.78. The highest BCUT2D eigenvalue weighted by Gasteiger charge is 2.58. The molecule has 0 atom stereocenters. The first kappa shape index (κ1) is 36.2. The van der Waals surface area contributed by atoms with Crippen LogP contribution < -0.4 is 9.80 Å². The van der Waals surface area contributed by atoms with Crippen molar-refractivity contribution in [2.75, 3.05) is 36.2 Å². The van der Waals surface area contributed by atoms with E-state index in [0.29, 0.717) is 22.5 Å². The third kappa shape index (κ3) is 6.16. The summed E-state index contributed by atoms with van der Waals surface area (Å²) in [5, 5.41) is 0. The first-order chi connectivity index (χ1) is 25.3. The third-order valence-electron chi connectivity index (χ3n) is 9.78. The number of esters is 4. The van der Waals surface area contributed by atoms with E-state index >= 15 is 0 Å². The molecule has 0 saturated heterocycles. The minimum absolute atomic E-state index is 0.0488. The van der Waals surface area contributed by atoms with Crippen molar-refractivity contribution in [1.82, 2.24) is 0 Å². The molecule has 2 aliphatic rings. The molecule has 0 aliphatic carbocycles. The molecule has 0 amide bonds. The Kier molecular flexibility index (Phi) is 10.6. The molecule has 52 heavy (non-hydrogen) atoms. The van der Waals surface area contributed by atoms with E-state index in [-0.39, 0.29) is 52.4 Å². The van der Waals surface area contributed by atoms with Crippen molar-refractivity contribution in [2.24, 2.45) is 0 Å². The number of hydrogen-bond acceptors (Lipinski definition) is 10. The molecule has 0 unspecified atom stereocenters. The summed E-state index contributed by atoms with van der Waals surface area (Å²) in [5.74, 6) is -2.93. The fourth-order valence-electron chi connectivity index (χ4n) is 7.60. The van der Waals surface area contributed by atoms with Crippen LogP contribution in [-0.2, 0) is 64.1 Å². The molecular formula is C42H44N2O8. The van der Waals surface area contributed by atoms with E-state index in [0.717, 1.165) is 22.3 Å². The van der Waals surface area contributed by atoms with Crippen LogP contribution in [0.4, 0.5) is 11.4 Å². The molecule has 2 aliphatic heterocycles. The number of hydrogen-bond donors (Lipinski definition) is 0. The van der Waals surface area contributed by atoms with Crippen LogP contribution in [0.25, 0.3) is 11.1 Å². The highest BCUT2D eigenvalue weighted by Crippen LogP contribution is 2.46. The van der Waals surface area contributed by atoms with Gasteiger partial charge in [-0.25, -0.2) is 19.2 Å². The summed E-state index contributed by atoms with van der Waals surface area (Å²) in [4.78, 5) is 61.3. The topological polar surface area (TPSA) is 112 Å². The molecule has 0 fully saturated rings. The van der Waals surface area contributed by atoms with Gasteiger partial charge in [-0.1, -0.05) is 72.8 Å². The van der Waals surface area contributed by atoms with Gasteiger partial charge in [0, 0.05) is 37.3 Å². The van der Waals surface area contributed by atoms with Crippen molar-refractivity contribution in [3.63, 3.8) is 0 Å². The molecular weight excluding hydrogens is 660 g/mol. The fourth-order valence-corrected chi connectivity index (χ4v) is 7.60. The van der Waals surface area contributed by atoms with Crippen molar-refractivity contribution >= 4 is 35.3 Å². The molecule has 0 N–H and O–H groups in total. The average molecular weight is 705 g/mol. The van der Waals surface area contributed by atoms with Gasteiger partial charge in [-0.15, -0.1) is 0 Å². The van der Waals surface area contributed by atoms with Gasteiger partial charge in [0.1, 0.15) is 0 Å². The largest absolute Gasteiger partial charge is 0.464 e. The monoisotopic (exact) mass is 704 g/mol. The van der Waals surface area contributed by atoms with Crippen LogP contribution in [0.1, 0.15) is 49.9 Å². The molecule has 0 saturated carbocycles. The number of benzene rings is 4. The second-order valence-electron chi connectivity index (χ2n) is 12.7. The fraction of sp³-hybridized carbons (Fsp3) is 0.333. The summed E-state index contributed by atoms with van der Waals surface area (Å²) in [7, 11) is 0. The highest BCUT2D eigenvalue weighted by atomic mass is 16.6. The number of para-hydroxylation sites is 2. The van der Waals surface area contributed by atoms with Crippen molar-refractivity contribution in [3.05, 3.63) is 119 Å². The Bertz CT molecular complexity index is 1780. The van der Waals surface area contributed by atoms with Gasteiger partial charge in [-0.3, -0.25) is 0 Å². The zero-order valence-corrected chi connectivity index (χ0v) is 30.1. The molecule has 0 spiro atoms. The van der Waals surface area contributed by atoms with E-state index in [1.807, 2.05) is 97.1 Å². The predicted octanol–water partition coefficient (Wildman–Crippen LogP) is 6.21. The van der Waals surface area contributed by atoms with Crippen LogP contribution in [0.2, 0.25) is 0 Å². The summed E-state index contributed by atoms with van der Waals surface area (Å²) in [6.07, 6.45) is -0.213. The van der Waals surface area contributed by atoms with E-state index in [9.17, 15) is 19.2 Å². The molecule has 2 heterocycles. The molecule has 0 bridgehead atoms. The number of rotatable bonds is 10. The van der Waals surface area contributed by atoms with Crippen LogP contribution >= 0.6 is 0 Å². The minimum atomic E-state index is -1.92. The quantitative estimate of drug-likeness (QED) is 0.107. The number of carbonyl (C=O) groups is 4. The SMILES string of the molecule is CCOC(=O)C1(C(=O)OCC)Cc2cccc3c2-c2c(cccc2CN(c2ccccc2)C(C(=O)OCC)(C(=O)OCC)C3)CN1c1ccccc1. The van der Waals surface area contributed by atoms with Gasteiger partial charge in [0.25, 0.3) is 0 Å². The first-order valence-electron chi connectivity index (χ1n) is 17.8. The Labute approximate surface area is 304 Å². The molecule has 4 aromatic rings. The van der Waals surface area contributed by atoms with E-state index in [1.165, 1.54) is 0 Å². The van der Waals surface area contributed by atoms with E-state index in [1.54, 1.807) is 37.5 Å². The highest BCUT2D eigenvalue weighted by molar-refractivity contribution is 6.11. The van der Waals surface area contributed by atoms with Gasteiger partial charge in [-0.05, 0) is 85.3 Å². The smallest absolute Gasteiger partial charge is 0.344 e. The lowest BCUT2D eigenvalue weighted by atomic mass is 9.75. The molecule has 4 aromatic carbocycles. The maximum atomic E-state index is 14.4. The number of carbonyl (C=O) groups excluding carboxylic acids is 4.